The Bertz CT molecular complexity index is 889. The van der Waals surface area contributed by atoms with Gasteiger partial charge in [-0.05, 0) is 42.0 Å². The highest BCUT2D eigenvalue weighted by molar-refractivity contribution is 6.37. The van der Waals surface area contributed by atoms with Crippen molar-refractivity contribution in [2.75, 3.05) is 12.0 Å². The van der Waals surface area contributed by atoms with Crippen LogP contribution in [0.25, 0.3) is 6.08 Å². The zero-order valence-corrected chi connectivity index (χ0v) is 15.1. The fourth-order valence-electron chi connectivity index (χ4n) is 2.41. The van der Waals surface area contributed by atoms with Crippen LogP contribution in [0.5, 0.6) is 5.75 Å². The first-order valence-corrected chi connectivity index (χ1v) is 8.20. The van der Waals surface area contributed by atoms with Crippen molar-refractivity contribution in [2.24, 2.45) is 0 Å². The molecule has 0 unspecified atom stereocenters. The third-order valence-electron chi connectivity index (χ3n) is 3.48. The van der Waals surface area contributed by atoms with Gasteiger partial charge in [0, 0.05) is 5.02 Å². The summed E-state index contributed by atoms with van der Waals surface area (Å²) >= 11 is 18.1. The minimum atomic E-state index is -0.566. The molecule has 0 aliphatic carbocycles. The highest BCUT2D eigenvalue weighted by Crippen LogP contribution is 2.34. The molecule has 3 rings (SSSR count). The van der Waals surface area contributed by atoms with Gasteiger partial charge in [-0.1, -0.05) is 40.9 Å². The Morgan fingerprint density at radius 2 is 1.76 bits per heavy atom. The summed E-state index contributed by atoms with van der Waals surface area (Å²) in [5.74, 6) is -0.164. The molecule has 8 heteroatoms. The van der Waals surface area contributed by atoms with E-state index >= 15 is 0 Å². The van der Waals surface area contributed by atoms with Gasteiger partial charge in [0.1, 0.15) is 5.70 Å². The average Bonchev–Trinajstić information content (AvgIpc) is 2.81. The minimum Gasteiger partial charge on any atom is -0.494 e. The van der Waals surface area contributed by atoms with Gasteiger partial charge in [-0.3, -0.25) is 4.79 Å². The molecule has 0 saturated carbocycles. The first kappa shape index (κ1) is 17.6. The fraction of sp³-hybridized carbons (Fsp3) is 0.0588. The maximum atomic E-state index is 12.6. The number of amides is 3. The van der Waals surface area contributed by atoms with Crippen molar-refractivity contribution in [1.29, 1.82) is 0 Å². The fourth-order valence-corrected chi connectivity index (χ4v) is 3.25. The number of methoxy groups -OCH3 is 1. The summed E-state index contributed by atoms with van der Waals surface area (Å²) in [4.78, 5) is 25.7. The van der Waals surface area contributed by atoms with Crippen LogP contribution < -0.4 is 15.0 Å². The van der Waals surface area contributed by atoms with Gasteiger partial charge in [0.05, 0.1) is 22.8 Å². The second-order valence-corrected chi connectivity index (χ2v) is 6.38. The standard InChI is InChI=1S/C17H11Cl3N2O3/c1-25-15-12(19)5-9(6-13(15)20)7-14-16(23)22(17(24)21-14)11-4-2-3-10(18)8-11/h2-8H,1H3,(H,21,24)/b14-7+. The van der Waals surface area contributed by atoms with Gasteiger partial charge >= 0.3 is 6.03 Å². The van der Waals surface area contributed by atoms with Crippen molar-refractivity contribution in [3.05, 3.63) is 62.7 Å². The van der Waals surface area contributed by atoms with Crippen LogP contribution in [0.1, 0.15) is 5.56 Å². The van der Waals surface area contributed by atoms with Gasteiger partial charge in [0.25, 0.3) is 5.91 Å². The third-order valence-corrected chi connectivity index (χ3v) is 4.28. The van der Waals surface area contributed by atoms with Crippen molar-refractivity contribution in [3.8, 4) is 5.75 Å². The average molecular weight is 398 g/mol. The number of benzene rings is 2. The van der Waals surface area contributed by atoms with Crippen molar-refractivity contribution in [3.63, 3.8) is 0 Å². The lowest BCUT2D eigenvalue weighted by molar-refractivity contribution is -0.113. The summed E-state index contributed by atoms with van der Waals surface area (Å²) < 4.78 is 5.08. The van der Waals surface area contributed by atoms with E-state index in [0.29, 0.717) is 32.1 Å². The van der Waals surface area contributed by atoms with Crippen molar-refractivity contribution >= 4 is 58.5 Å². The van der Waals surface area contributed by atoms with Gasteiger partial charge in [-0.2, -0.15) is 0 Å². The summed E-state index contributed by atoms with van der Waals surface area (Å²) in [6.07, 6.45) is 1.49. The molecule has 0 bridgehead atoms. The Morgan fingerprint density at radius 1 is 1.08 bits per heavy atom. The van der Waals surface area contributed by atoms with E-state index in [1.807, 2.05) is 0 Å². The van der Waals surface area contributed by atoms with Crippen LogP contribution in [0.15, 0.2) is 42.1 Å². The Hall–Kier alpha value is -2.21. The molecule has 128 valence electrons. The van der Waals surface area contributed by atoms with Crippen LogP contribution in [0.2, 0.25) is 15.1 Å². The summed E-state index contributed by atoms with van der Waals surface area (Å²) in [6, 6.07) is 9.06. The number of nitrogens with zero attached hydrogens (tertiary/aromatic N) is 1. The smallest absolute Gasteiger partial charge is 0.333 e. The van der Waals surface area contributed by atoms with E-state index in [-0.39, 0.29) is 5.70 Å². The molecule has 1 aliphatic rings. The Balaban J connectivity index is 1.96. The number of hydrogen-bond donors (Lipinski definition) is 1. The van der Waals surface area contributed by atoms with Gasteiger partial charge in [-0.25, -0.2) is 9.69 Å². The van der Waals surface area contributed by atoms with Crippen LogP contribution in [0.3, 0.4) is 0 Å². The molecular weight excluding hydrogens is 387 g/mol. The second kappa shape index (κ2) is 6.96. The Labute approximate surface area is 158 Å². The van der Waals surface area contributed by atoms with Crippen molar-refractivity contribution < 1.29 is 14.3 Å². The Kier molecular flexibility index (Phi) is 4.90. The molecule has 1 saturated heterocycles. The highest BCUT2D eigenvalue weighted by atomic mass is 35.5. The van der Waals surface area contributed by atoms with E-state index < -0.39 is 11.9 Å². The predicted molar refractivity (Wildman–Crippen MR) is 98.5 cm³/mol. The number of hydrogen-bond acceptors (Lipinski definition) is 3. The van der Waals surface area contributed by atoms with E-state index in [1.165, 1.54) is 19.3 Å². The zero-order valence-electron chi connectivity index (χ0n) is 12.8. The van der Waals surface area contributed by atoms with Crippen LogP contribution in [0, 0.1) is 0 Å². The van der Waals surface area contributed by atoms with Gasteiger partial charge in [0.2, 0.25) is 0 Å². The number of halogens is 3. The van der Waals surface area contributed by atoms with E-state index in [1.54, 1.807) is 30.3 Å². The first-order valence-electron chi connectivity index (χ1n) is 7.06. The van der Waals surface area contributed by atoms with Crippen LogP contribution in [-0.2, 0) is 4.79 Å². The van der Waals surface area contributed by atoms with Crippen LogP contribution >= 0.6 is 34.8 Å². The topological polar surface area (TPSA) is 58.6 Å². The van der Waals surface area contributed by atoms with Gasteiger partial charge in [-0.15, -0.1) is 0 Å². The lowest BCUT2D eigenvalue weighted by Gasteiger charge is -2.11. The molecule has 1 heterocycles. The summed E-state index contributed by atoms with van der Waals surface area (Å²) in [7, 11) is 1.45. The second-order valence-electron chi connectivity index (χ2n) is 5.13. The third kappa shape index (κ3) is 3.44. The van der Waals surface area contributed by atoms with Crippen LogP contribution in [-0.4, -0.2) is 19.0 Å². The number of anilines is 1. The van der Waals surface area contributed by atoms with Crippen LogP contribution in [0.4, 0.5) is 10.5 Å². The van der Waals surface area contributed by atoms with E-state index in [9.17, 15) is 9.59 Å². The van der Waals surface area contributed by atoms with E-state index in [0.717, 1.165) is 4.90 Å². The maximum Gasteiger partial charge on any atom is 0.333 e. The molecule has 0 aromatic heterocycles. The summed E-state index contributed by atoms with van der Waals surface area (Å²) in [6.45, 7) is 0. The molecule has 5 nitrogen and oxygen atoms in total. The quantitative estimate of drug-likeness (QED) is 0.600. The molecule has 2 aromatic carbocycles. The number of carbonyl (C=O) groups excluding carboxylic acids is 2. The molecule has 0 atom stereocenters. The summed E-state index contributed by atoms with van der Waals surface area (Å²) in [5.41, 5.74) is 1.03. The largest absolute Gasteiger partial charge is 0.494 e. The lowest BCUT2D eigenvalue weighted by Crippen LogP contribution is -2.30. The van der Waals surface area contributed by atoms with Gasteiger partial charge in [0.15, 0.2) is 5.75 Å². The molecule has 2 aromatic rings. The molecule has 0 spiro atoms. The molecule has 25 heavy (non-hydrogen) atoms. The predicted octanol–water partition coefficient (Wildman–Crippen LogP) is 4.75. The highest BCUT2D eigenvalue weighted by Gasteiger charge is 2.35. The maximum absolute atomic E-state index is 12.6. The van der Waals surface area contributed by atoms with E-state index in [4.69, 9.17) is 39.5 Å². The molecule has 1 fully saturated rings. The Morgan fingerprint density at radius 3 is 2.36 bits per heavy atom. The van der Waals surface area contributed by atoms with Gasteiger partial charge < -0.3 is 10.1 Å². The van der Waals surface area contributed by atoms with Crippen molar-refractivity contribution in [1.82, 2.24) is 5.32 Å². The number of urea groups is 1. The minimum absolute atomic E-state index is 0.0993. The lowest BCUT2D eigenvalue weighted by atomic mass is 10.1. The molecular formula is C17H11Cl3N2O3. The SMILES string of the molecule is COc1c(Cl)cc(/C=C2/NC(=O)N(c3cccc(Cl)c3)C2=O)cc1Cl. The number of imide groups is 1. The number of ether oxygens (including phenoxy) is 1. The molecule has 1 aliphatic heterocycles. The number of carbonyl (C=O) groups is 2. The van der Waals surface area contributed by atoms with E-state index in [2.05, 4.69) is 5.32 Å². The molecule has 1 N–H and O–H groups in total. The zero-order chi connectivity index (χ0) is 18.1. The number of nitrogens with one attached hydrogen (secondary N) is 1. The monoisotopic (exact) mass is 396 g/mol. The molecule has 0 radical (unpaired) electrons. The normalized spacial score (nSPS) is 15.7. The number of rotatable bonds is 3. The van der Waals surface area contributed by atoms with Crippen molar-refractivity contribution in [2.45, 2.75) is 0 Å². The molecule has 3 amide bonds. The summed E-state index contributed by atoms with van der Waals surface area (Å²) in [5, 5.41) is 3.54. The first-order chi connectivity index (χ1) is 11.9.